The molecule has 1 saturated carbocycles. The molecule has 62 valence electrons. The van der Waals surface area contributed by atoms with Crippen molar-refractivity contribution < 1.29 is 10.0 Å². The Morgan fingerprint density at radius 2 is 2.09 bits per heavy atom. The SMILES string of the molecule is N#CC1(ON([O-])O)CCCC1. The zero-order chi connectivity index (χ0) is 8.32. The molecule has 1 aliphatic carbocycles. The molecule has 0 aliphatic heterocycles. The van der Waals surface area contributed by atoms with E-state index < -0.39 is 11.0 Å². The van der Waals surface area contributed by atoms with E-state index in [2.05, 4.69) is 4.84 Å². The standard InChI is InChI=1S/C6H9N2O3/c7-5-6(11-8(9)10)3-1-2-4-6/h9H,1-4H2/q-1. The Bertz CT molecular complexity index is 169. The third-order valence-corrected chi connectivity index (χ3v) is 1.87. The second-order valence-electron chi connectivity index (χ2n) is 2.64. The Morgan fingerprint density at radius 1 is 1.55 bits per heavy atom. The van der Waals surface area contributed by atoms with Crippen molar-refractivity contribution in [3.05, 3.63) is 5.21 Å². The fourth-order valence-corrected chi connectivity index (χ4v) is 1.32. The molecule has 1 aliphatic rings. The molecule has 11 heavy (non-hydrogen) atoms. The van der Waals surface area contributed by atoms with Gasteiger partial charge in [0.05, 0.1) is 6.07 Å². The third kappa shape index (κ3) is 1.88. The van der Waals surface area contributed by atoms with Gasteiger partial charge in [0.2, 0.25) is 0 Å². The molecule has 1 rings (SSSR count). The van der Waals surface area contributed by atoms with Crippen LogP contribution in [0.3, 0.4) is 0 Å². The van der Waals surface area contributed by atoms with Gasteiger partial charge < -0.3 is 10.4 Å². The minimum Gasteiger partial charge on any atom is -0.738 e. The van der Waals surface area contributed by atoms with E-state index in [1.807, 2.05) is 6.07 Å². The molecule has 0 aromatic rings. The average molecular weight is 157 g/mol. The molecular weight excluding hydrogens is 148 g/mol. The Hall–Kier alpha value is -0.670. The van der Waals surface area contributed by atoms with Gasteiger partial charge in [0.1, 0.15) is 0 Å². The highest BCUT2D eigenvalue weighted by atomic mass is 17.1. The number of nitrogens with zero attached hydrogens (tertiary/aromatic N) is 2. The van der Waals surface area contributed by atoms with E-state index in [1.54, 1.807) is 0 Å². The molecule has 0 aromatic carbocycles. The molecule has 0 atom stereocenters. The highest BCUT2D eigenvalue weighted by Crippen LogP contribution is 2.32. The van der Waals surface area contributed by atoms with E-state index in [0.29, 0.717) is 12.8 Å². The summed E-state index contributed by atoms with van der Waals surface area (Å²) in [5.41, 5.74) is -1.07. The van der Waals surface area contributed by atoms with Gasteiger partial charge in [-0.1, -0.05) is 0 Å². The molecule has 0 bridgehead atoms. The number of nitriles is 1. The van der Waals surface area contributed by atoms with E-state index in [-0.39, 0.29) is 0 Å². The molecular formula is C6H9N2O3-. The van der Waals surface area contributed by atoms with Gasteiger partial charge in [0.15, 0.2) is 5.60 Å². The maximum atomic E-state index is 10.1. The molecule has 1 fully saturated rings. The molecule has 0 spiro atoms. The van der Waals surface area contributed by atoms with Gasteiger partial charge in [-0.2, -0.15) is 5.26 Å². The van der Waals surface area contributed by atoms with Crippen molar-refractivity contribution >= 4 is 0 Å². The lowest BCUT2D eigenvalue weighted by Crippen LogP contribution is -2.32. The molecule has 0 aromatic heterocycles. The van der Waals surface area contributed by atoms with E-state index in [4.69, 9.17) is 10.5 Å². The largest absolute Gasteiger partial charge is 0.738 e. The summed E-state index contributed by atoms with van der Waals surface area (Å²) in [6.07, 6.45) is 2.76. The molecule has 0 amide bonds. The van der Waals surface area contributed by atoms with Crippen LogP contribution in [-0.2, 0) is 4.84 Å². The summed E-state index contributed by atoms with van der Waals surface area (Å²) in [5, 5.41) is 26.3. The zero-order valence-corrected chi connectivity index (χ0v) is 5.99. The number of hydrogen-bond donors (Lipinski definition) is 1. The Labute approximate surface area is 64.3 Å². The van der Waals surface area contributed by atoms with Crippen LogP contribution in [0.2, 0.25) is 0 Å². The second-order valence-corrected chi connectivity index (χ2v) is 2.64. The van der Waals surface area contributed by atoms with E-state index in [0.717, 1.165) is 12.8 Å². The summed E-state index contributed by atoms with van der Waals surface area (Å²) in [7, 11) is 0. The van der Waals surface area contributed by atoms with E-state index in [9.17, 15) is 5.21 Å². The van der Waals surface area contributed by atoms with Crippen LogP contribution in [0.4, 0.5) is 0 Å². The van der Waals surface area contributed by atoms with Crippen LogP contribution in [0.5, 0.6) is 0 Å². The van der Waals surface area contributed by atoms with Gasteiger partial charge in [-0.3, -0.25) is 4.84 Å². The van der Waals surface area contributed by atoms with Crippen LogP contribution in [-0.4, -0.2) is 16.2 Å². The highest BCUT2D eigenvalue weighted by Gasteiger charge is 2.36. The smallest absolute Gasteiger partial charge is 0.177 e. The maximum Gasteiger partial charge on any atom is 0.177 e. The number of rotatable bonds is 2. The lowest BCUT2D eigenvalue weighted by molar-refractivity contribution is -0.344. The minimum atomic E-state index is -1.07. The number of hydrogen-bond acceptors (Lipinski definition) is 5. The summed E-state index contributed by atoms with van der Waals surface area (Å²) in [6, 6.07) is 1.88. The molecule has 0 heterocycles. The summed E-state index contributed by atoms with van der Waals surface area (Å²) in [6.45, 7) is 0. The summed E-state index contributed by atoms with van der Waals surface area (Å²) >= 11 is 0. The summed E-state index contributed by atoms with van der Waals surface area (Å²) < 4.78 is 0. The van der Waals surface area contributed by atoms with Crippen LogP contribution < -0.4 is 0 Å². The van der Waals surface area contributed by atoms with Gasteiger partial charge >= 0.3 is 0 Å². The topological polar surface area (TPSA) is 79.5 Å². The molecule has 0 unspecified atom stereocenters. The first-order valence-corrected chi connectivity index (χ1v) is 3.45. The van der Waals surface area contributed by atoms with Gasteiger partial charge in [-0.25, -0.2) is 0 Å². The third-order valence-electron chi connectivity index (χ3n) is 1.87. The van der Waals surface area contributed by atoms with Crippen LogP contribution >= 0.6 is 0 Å². The second kappa shape index (κ2) is 3.15. The van der Waals surface area contributed by atoms with Crippen molar-refractivity contribution in [2.75, 3.05) is 0 Å². The van der Waals surface area contributed by atoms with Crippen LogP contribution in [0, 0.1) is 16.5 Å². The summed E-state index contributed by atoms with van der Waals surface area (Å²) in [4.78, 5) is 4.42. The van der Waals surface area contributed by atoms with Crippen LogP contribution in [0.15, 0.2) is 0 Å². The van der Waals surface area contributed by atoms with Gasteiger partial charge in [0.25, 0.3) is 0 Å². The lowest BCUT2D eigenvalue weighted by atomic mass is 10.1. The van der Waals surface area contributed by atoms with Crippen molar-refractivity contribution in [3.8, 4) is 6.07 Å². The Balaban J connectivity index is 2.54. The van der Waals surface area contributed by atoms with Gasteiger partial charge in [-0.05, 0) is 25.7 Å². The first-order chi connectivity index (χ1) is 5.18. The molecule has 1 N–H and O–H groups in total. The van der Waals surface area contributed by atoms with E-state index >= 15 is 0 Å². The predicted octanol–water partition coefficient (Wildman–Crippen LogP) is 0.943. The molecule has 5 nitrogen and oxygen atoms in total. The van der Waals surface area contributed by atoms with Crippen molar-refractivity contribution in [2.24, 2.45) is 0 Å². The first-order valence-electron chi connectivity index (χ1n) is 3.45. The normalized spacial score (nSPS) is 22.0. The predicted molar refractivity (Wildman–Crippen MR) is 34.9 cm³/mol. The molecule has 5 heteroatoms. The molecule has 0 radical (unpaired) electrons. The summed E-state index contributed by atoms with van der Waals surface area (Å²) in [5.74, 6) is 0. The van der Waals surface area contributed by atoms with Crippen LogP contribution in [0.25, 0.3) is 0 Å². The van der Waals surface area contributed by atoms with Crippen LogP contribution in [0.1, 0.15) is 25.7 Å². The fourth-order valence-electron chi connectivity index (χ4n) is 1.32. The first kappa shape index (κ1) is 8.43. The zero-order valence-electron chi connectivity index (χ0n) is 5.99. The van der Waals surface area contributed by atoms with Gasteiger partial charge in [-0.15, -0.1) is 5.39 Å². The monoisotopic (exact) mass is 157 g/mol. The molecule has 0 saturated heterocycles. The van der Waals surface area contributed by atoms with Crippen molar-refractivity contribution in [1.82, 2.24) is 5.39 Å². The average Bonchev–Trinajstić information content (AvgIpc) is 2.36. The van der Waals surface area contributed by atoms with Crippen molar-refractivity contribution in [1.29, 1.82) is 5.26 Å². The minimum absolute atomic E-state index is 0.517. The maximum absolute atomic E-state index is 10.1. The fraction of sp³-hybridized carbons (Fsp3) is 0.833. The quantitative estimate of drug-likeness (QED) is 0.603. The van der Waals surface area contributed by atoms with Crippen molar-refractivity contribution in [3.63, 3.8) is 0 Å². The van der Waals surface area contributed by atoms with Gasteiger partial charge in [0, 0.05) is 0 Å². The Kier molecular flexibility index (Phi) is 2.42. The van der Waals surface area contributed by atoms with E-state index in [1.165, 1.54) is 0 Å². The highest BCUT2D eigenvalue weighted by molar-refractivity contribution is 5.04. The lowest BCUT2D eigenvalue weighted by Gasteiger charge is -2.28. The van der Waals surface area contributed by atoms with Crippen molar-refractivity contribution in [2.45, 2.75) is 31.3 Å². The Morgan fingerprint density at radius 3 is 2.45 bits per heavy atom.